The Labute approximate surface area is 102 Å². The van der Waals surface area contributed by atoms with Crippen molar-refractivity contribution < 1.29 is 19.4 Å². The van der Waals surface area contributed by atoms with Crippen molar-refractivity contribution in [2.75, 3.05) is 19.7 Å². The lowest BCUT2D eigenvalue weighted by atomic mass is 10.0. The average Bonchev–Trinajstić information content (AvgIpc) is 2.54. The van der Waals surface area contributed by atoms with Crippen LogP contribution in [0.5, 0.6) is 0 Å². The molecule has 0 aliphatic carbocycles. The second-order valence-electron chi connectivity index (χ2n) is 4.44. The molecular weight excluding hydrogens is 222 g/mol. The van der Waals surface area contributed by atoms with Gasteiger partial charge in [0, 0.05) is 13.1 Å². The van der Waals surface area contributed by atoms with Crippen molar-refractivity contribution in [1.29, 1.82) is 0 Å². The second-order valence-corrected chi connectivity index (χ2v) is 4.44. The highest BCUT2D eigenvalue weighted by Gasteiger charge is 2.27. The Balaban J connectivity index is 2.44. The molecule has 17 heavy (non-hydrogen) atoms. The van der Waals surface area contributed by atoms with Gasteiger partial charge in [0.15, 0.2) is 0 Å². The van der Waals surface area contributed by atoms with Crippen molar-refractivity contribution in [2.24, 2.45) is 5.92 Å². The first kappa shape index (κ1) is 13.8. The third-order valence-electron chi connectivity index (χ3n) is 3.00. The number of nitrogens with zero attached hydrogens (tertiary/aromatic N) is 1. The molecule has 0 aromatic rings. The van der Waals surface area contributed by atoms with E-state index in [2.05, 4.69) is 0 Å². The molecule has 1 fully saturated rings. The van der Waals surface area contributed by atoms with Crippen molar-refractivity contribution in [3.05, 3.63) is 0 Å². The first-order valence-electron chi connectivity index (χ1n) is 6.29. The molecule has 0 radical (unpaired) electrons. The molecule has 1 rings (SSSR count). The topological polar surface area (TPSA) is 66.8 Å². The number of carbonyl (C=O) groups is 2. The number of carbonyl (C=O) groups excluding carboxylic acids is 1. The molecule has 5 nitrogen and oxygen atoms in total. The van der Waals surface area contributed by atoms with E-state index in [1.165, 1.54) is 4.90 Å². The Hall–Kier alpha value is -1.26. The molecule has 98 valence electrons. The van der Waals surface area contributed by atoms with E-state index in [9.17, 15) is 9.59 Å². The van der Waals surface area contributed by atoms with Crippen molar-refractivity contribution >= 4 is 12.1 Å². The van der Waals surface area contributed by atoms with Gasteiger partial charge in [0.05, 0.1) is 12.5 Å². The molecule has 1 amide bonds. The van der Waals surface area contributed by atoms with Crippen LogP contribution in [-0.4, -0.2) is 41.8 Å². The lowest BCUT2D eigenvalue weighted by Gasteiger charge is -2.21. The van der Waals surface area contributed by atoms with E-state index in [4.69, 9.17) is 9.84 Å². The predicted molar refractivity (Wildman–Crippen MR) is 62.8 cm³/mol. The summed E-state index contributed by atoms with van der Waals surface area (Å²) >= 11 is 0. The lowest BCUT2D eigenvalue weighted by Crippen LogP contribution is -2.37. The van der Waals surface area contributed by atoms with Gasteiger partial charge in [0.25, 0.3) is 0 Å². The van der Waals surface area contributed by atoms with Gasteiger partial charge in [-0.2, -0.15) is 0 Å². The van der Waals surface area contributed by atoms with Crippen LogP contribution in [0.15, 0.2) is 0 Å². The molecule has 1 aliphatic rings. The molecule has 1 aliphatic heterocycles. The Morgan fingerprint density at radius 1 is 1.41 bits per heavy atom. The summed E-state index contributed by atoms with van der Waals surface area (Å²) in [6.45, 7) is 3.33. The normalized spacial score (nSPS) is 20.8. The Kier molecular flexibility index (Phi) is 5.80. The molecular formula is C12H21NO4. The molecule has 0 aromatic heterocycles. The van der Waals surface area contributed by atoms with Crippen LogP contribution in [0.25, 0.3) is 0 Å². The van der Waals surface area contributed by atoms with Crippen LogP contribution >= 0.6 is 0 Å². The van der Waals surface area contributed by atoms with Gasteiger partial charge in [0.2, 0.25) is 0 Å². The lowest BCUT2D eigenvalue weighted by molar-refractivity contribution is -0.142. The monoisotopic (exact) mass is 243 g/mol. The second kappa shape index (κ2) is 7.14. The molecule has 0 spiro atoms. The van der Waals surface area contributed by atoms with Crippen molar-refractivity contribution in [2.45, 2.75) is 39.0 Å². The van der Waals surface area contributed by atoms with E-state index in [-0.39, 0.29) is 12.6 Å². The van der Waals surface area contributed by atoms with Crippen LogP contribution < -0.4 is 0 Å². The van der Waals surface area contributed by atoms with Gasteiger partial charge in [0.1, 0.15) is 0 Å². The maximum atomic E-state index is 11.7. The van der Waals surface area contributed by atoms with Gasteiger partial charge >= 0.3 is 12.1 Å². The molecule has 0 saturated carbocycles. The van der Waals surface area contributed by atoms with Gasteiger partial charge in [-0.15, -0.1) is 0 Å². The van der Waals surface area contributed by atoms with Crippen molar-refractivity contribution in [3.63, 3.8) is 0 Å². The number of aliphatic carboxylic acids is 1. The number of carboxylic acid groups (broad SMARTS) is 1. The maximum absolute atomic E-state index is 11.7. The smallest absolute Gasteiger partial charge is 0.409 e. The van der Waals surface area contributed by atoms with E-state index in [0.717, 1.165) is 25.7 Å². The Morgan fingerprint density at radius 3 is 2.82 bits per heavy atom. The quantitative estimate of drug-likeness (QED) is 0.768. The number of ether oxygens (including phenoxy) is 1. The first-order chi connectivity index (χ1) is 8.15. The van der Waals surface area contributed by atoms with Crippen molar-refractivity contribution in [3.8, 4) is 0 Å². The number of unbranched alkanes of at least 4 members (excludes halogenated alkanes) is 1. The molecule has 1 unspecified atom stereocenters. The minimum absolute atomic E-state index is 0.278. The average molecular weight is 243 g/mol. The molecule has 0 aromatic carbocycles. The summed E-state index contributed by atoms with van der Waals surface area (Å²) in [4.78, 5) is 24.2. The summed E-state index contributed by atoms with van der Waals surface area (Å²) in [7, 11) is 0. The Morgan fingerprint density at radius 2 is 2.18 bits per heavy atom. The first-order valence-corrected chi connectivity index (χ1v) is 6.29. The van der Waals surface area contributed by atoms with Crippen molar-refractivity contribution in [1.82, 2.24) is 4.90 Å². The number of hydrogen-bond acceptors (Lipinski definition) is 3. The van der Waals surface area contributed by atoms with E-state index in [0.29, 0.717) is 19.6 Å². The highest BCUT2D eigenvalue weighted by atomic mass is 16.6. The van der Waals surface area contributed by atoms with E-state index in [1.807, 2.05) is 6.92 Å². The van der Waals surface area contributed by atoms with Gasteiger partial charge in [-0.25, -0.2) is 4.79 Å². The third-order valence-corrected chi connectivity index (χ3v) is 3.00. The molecule has 1 heterocycles. The molecule has 0 bridgehead atoms. The fourth-order valence-electron chi connectivity index (χ4n) is 1.90. The van der Waals surface area contributed by atoms with Crippen LogP contribution in [0, 0.1) is 5.92 Å². The summed E-state index contributed by atoms with van der Waals surface area (Å²) in [5.41, 5.74) is 0. The zero-order valence-corrected chi connectivity index (χ0v) is 10.4. The van der Waals surface area contributed by atoms with E-state index in [1.54, 1.807) is 0 Å². The highest BCUT2D eigenvalue weighted by Crippen LogP contribution is 2.17. The van der Waals surface area contributed by atoms with Crippen LogP contribution in [0.3, 0.4) is 0 Å². The third kappa shape index (κ3) is 4.63. The highest BCUT2D eigenvalue weighted by molar-refractivity contribution is 5.72. The number of likely N-dealkylation sites (tertiary alicyclic amines) is 1. The van der Waals surface area contributed by atoms with Crippen LogP contribution in [-0.2, 0) is 9.53 Å². The Bertz CT molecular complexity index is 267. The number of amides is 1. The minimum atomic E-state index is -0.821. The standard InChI is InChI=1S/C12H21NO4/c1-2-3-8-17-12(16)13-7-5-4-6-10(9-13)11(14)15/h10H,2-9H2,1H3,(H,14,15). The summed E-state index contributed by atoms with van der Waals surface area (Å²) < 4.78 is 5.10. The summed E-state index contributed by atoms with van der Waals surface area (Å²) in [5, 5.41) is 9.00. The zero-order valence-electron chi connectivity index (χ0n) is 10.4. The van der Waals surface area contributed by atoms with Crippen LogP contribution in [0.1, 0.15) is 39.0 Å². The molecule has 1 saturated heterocycles. The van der Waals surface area contributed by atoms with Gasteiger partial charge in [-0.05, 0) is 19.3 Å². The number of rotatable bonds is 4. The fourth-order valence-corrected chi connectivity index (χ4v) is 1.90. The molecule has 1 atom stereocenters. The zero-order chi connectivity index (χ0) is 12.7. The van der Waals surface area contributed by atoms with E-state index >= 15 is 0 Å². The summed E-state index contributed by atoms with van der Waals surface area (Å²) in [6.07, 6.45) is 3.82. The molecule has 5 heteroatoms. The molecule has 1 N–H and O–H groups in total. The summed E-state index contributed by atoms with van der Waals surface area (Å²) in [5.74, 6) is -1.27. The van der Waals surface area contributed by atoms with Crippen LogP contribution in [0.4, 0.5) is 4.79 Å². The van der Waals surface area contributed by atoms with Gasteiger partial charge in [-0.1, -0.05) is 19.8 Å². The van der Waals surface area contributed by atoms with Gasteiger partial charge < -0.3 is 14.7 Å². The fraction of sp³-hybridized carbons (Fsp3) is 0.833. The predicted octanol–water partition coefficient (Wildman–Crippen LogP) is 2.11. The largest absolute Gasteiger partial charge is 0.481 e. The van der Waals surface area contributed by atoms with E-state index < -0.39 is 11.9 Å². The number of carboxylic acids is 1. The van der Waals surface area contributed by atoms with Gasteiger partial charge in [-0.3, -0.25) is 4.79 Å². The van der Waals surface area contributed by atoms with Crippen LogP contribution in [0.2, 0.25) is 0 Å². The maximum Gasteiger partial charge on any atom is 0.409 e. The summed E-state index contributed by atoms with van der Waals surface area (Å²) in [6, 6.07) is 0. The SMILES string of the molecule is CCCCOC(=O)N1CCCCC(C(=O)O)C1. The number of hydrogen-bond donors (Lipinski definition) is 1. The minimum Gasteiger partial charge on any atom is -0.481 e.